The maximum Gasteiger partial charge on any atom is 0.338 e. The van der Waals surface area contributed by atoms with Crippen molar-refractivity contribution in [3.8, 4) is 5.75 Å². The second-order valence-corrected chi connectivity index (χ2v) is 4.83. The Morgan fingerprint density at radius 3 is 2.35 bits per heavy atom. The zero-order chi connectivity index (χ0) is 16.5. The maximum absolute atomic E-state index is 11.7. The van der Waals surface area contributed by atoms with Crippen LogP contribution in [0.5, 0.6) is 5.75 Å². The molecule has 0 aliphatic rings. The standard InChI is InChI=1S/C19H18O4/c1-2-14-22-19(21)16-9-11-17(12-10-16)23-18(20)13-8-15-6-4-3-5-7-15/h3-13H,2,14H2,1H3. The van der Waals surface area contributed by atoms with E-state index in [1.807, 2.05) is 37.3 Å². The van der Waals surface area contributed by atoms with Crippen LogP contribution in [0.1, 0.15) is 29.3 Å². The molecule has 118 valence electrons. The minimum Gasteiger partial charge on any atom is -0.462 e. The molecule has 0 fully saturated rings. The van der Waals surface area contributed by atoms with Crippen molar-refractivity contribution in [3.63, 3.8) is 0 Å². The molecule has 0 heterocycles. The van der Waals surface area contributed by atoms with Gasteiger partial charge in [-0.05, 0) is 42.3 Å². The topological polar surface area (TPSA) is 52.6 Å². The maximum atomic E-state index is 11.7. The van der Waals surface area contributed by atoms with E-state index in [0.717, 1.165) is 12.0 Å². The van der Waals surface area contributed by atoms with Gasteiger partial charge in [-0.2, -0.15) is 0 Å². The highest BCUT2D eigenvalue weighted by Gasteiger charge is 2.07. The second-order valence-electron chi connectivity index (χ2n) is 4.83. The summed E-state index contributed by atoms with van der Waals surface area (Å²) in [4.78, 5) is 23.4. The van der Waals surface area contributed by atoms with Crippen LogP contribution in [0.4, 0.5) is 0 Å². The Labute approximate surface area is 135 Å². The van der Waals surface area contributed by atoms with Crippen LogP contribution in [0, 0.1) is 0 Å². The quantitative estimate of drug-likeness (QED) is 0.462. The minimum atomic E-state index is -0.477. The van der Waals surface area contributed by atoms with E-state index in [1.165, 1.54) is 6.08 Å². The molecule has 0 unspecified atom stereocenters. The monoisotopic (exact) mass is 310 g/mol. The molecule has 2 aromatic carbocycles. The third-order valence-electron chi connectivity index (χ3n) is 2.96. The SMILES string of the molecule is CCCOC(=O)c1ccc(OC(=O)C=Cc2ccccc2)cc1. The van der Waals surface area contributed by atoms with Crippen LogP contribution < -0.4 is 4.74 Å². The van der Waals surface area contributed by atoms with Gasteiger partial charge in [0.15, 0.2) is 0 Å². The Balaban J connectivity index is 1.91. The van der Waals surface area contributed by atoms with Crippen molar-refractivity contribution in [2.24, 2.45) is 0 Å². The van der Waals surface area contributed by atoms with Gasteiger partial charge in [0.25, 0.3) is 0 Å². The Morgan fingerprint density at radius 2 is 1.70 bits per heavy atom. The summed E-state index contributed by atoms with van der Waals surface area (Å²) in [6.07, 6.45) is 3.81. The Kier molecular flexibility index (Phi) is 6.12. The molecule has 0 amide bonds. The number of carbonyl (C=O) groups is 2. The highest BCUT2D eigenvalue weighted by atomic mass is 16.5. The summed E-state index contributed by atoms with van der Waals surface area (Å²) in [7, 11) is 0. The largest absolute Gasteiger partial charge is 0.462 e. The van der Waals surface area contributed by atoms with E-state index in [0.29, 0.717) is 17.9 Å². The number of hydrogen-bond acceptors (Lipinski definition) is 4. The molecule has 0 aromatic heterocycles. The van der Waals surface area contributed by atoms with E-state index in [-0.39, 0.29) is 5.97 Å². The van der Waals surface area contributed by atoms with E-state index in [4.69, 9.17) is 9.47 Å². The van der Waals surface area contributed by atoms with E-state index in [1.54, 1.807) is 30.3 Å². The van der Waals surface area contributed by atoms with Crippen molar-refractivity contribution in [1.82, 2.24) is 0 Å². The van der Waals surface area contributed by atoms with Gasteiger partial charge < -0.3 is 9.47 Å². The second kappa shape index (κ2) is 8.54. The van der Waals surface area contributed by atoms with Crippen molar-refractivity contribution in [2.75, 3.05) is 6.61 Å². The fourth-order valence-electron chi connectivity index (χ4n) is 1.82. The molecular weight excluding hydrogens is 292 g/mol. The average molecular weight is 310 g/mol. The normalized spacial score (nSPS) is 10.5. The van der Waals surface area contributed by atoms with E-state index in [2.05, 4.69) is 0 Å². The van der Waals surface area contributed by atoms with Gasteiger partial charge in [0.2, 0.25) is 0 Å². The predicted molar refractivity (Wildman–Crippen MR) is 88.1 cm³/mol. The van der Waals surface area contributed by atoms with Gasteiger partial charge in [0, 0.05) is 6.08 Å². The summed E-state index contributed by atoms with van der Waals surface area (Å²) in [6.45, 7) is 2.32. The molecule has 2 aromatic rings. The highest BCUT2D eigenvalue weighted by Crippen LogP contribution is 2.14. The third-order valence-corrected chi connectivity index (χ3v) is 2.96. The molecule has 23 heavy (non-hydrogen) atoms. The molecule has 0 saturated carbocycles. The van der Waals surface area contributed by atoms with E-state index in [9.17, 15) is 9.59 Å². The molecule has 0 saturated heterocycles. The molecule has 4 nitrogen and oxygen atoms in total. The first-order chi connectivity index (χ1) is 11.2. The number of ether oxygens (including phenoxy) is 2. The average Bonchev–Trinajstić information content (AvgIpc) is 2.59. The molecule has 4 heteroatoms. The van der Waals surface area contributed by atoms with Crippen LogP contribution in [0.15, 0.2) is 60.7 Å². The van der Waals surface area contributed by atoms with Crippen LogP contribution >= 0.6 is 0 Å². The van der Waals surface area contributed by atoms with Crippen molar-refractivity contribution < 1.29 is 19.1 Å². The fourth-order valence-corrected chi connectivity index (χ4v) is 1.82. The number of benzene rings is 2. The summed E-state index contributed by atoms with van der Waals surface area (Å²) >= 11 is 0. The van der Waals surface area contributed by atoms with Crippen LogP contribution in [-0.2, 0) is 9.53 Å². The molecular formula is C19H18O4. The van der Waals surface area contributed by atoms with E-state index < -0.39 is 5.97 Å². The lowest BCUT2D eigenvalue weighted by Gasteiger charge is -2.04. The first-order valence-corrected chi connectivity index (χ1v) is 7.41. The molecule has 0 bridgehead atoms. The third kappa shape index (κ3) is 5.43. The molecule has 0 radical (unpaired) electrons. The van der Waals surface area contributed by atoms with Gasteiger partial charge in [0.1, 0.15) is 5.75 Å². The van der Waals surface area contributed by atoms with Crippen LogP contribution in [0.2, 0.25) is 0 Å². The highest BCUT2D eigenvalue weighted by molar-refractivity contribution is 5.90. The van der Waals surface area contributed by atoms with Crippen molar-refractivity contribution in [3.05, 3.63) is 71.8 Å². The van der Waals surface area contributed by atoms with Crippen molar-refractivity contribution in [2.45, 2.75) is 13.3 Å². The molecule has 2 rings (SSSR count). The Hall–Kier alpha value is -2.88. The summed E-state index contributed by atoms with van der Waals surface area (Å²) in [5.41, 5.74) is 1.34. The molecule has 0 aliphatic heterocycles. The van der Waals surface area contributed by atoms with E-state index >= 15 is 0 Å². The first-order valence-electron chi connectivity index (χ1n) is 7.41. The Morgan fingerprint density at radius 1 is 1.00 bits per heavy atom. The van der Waals surface area contributed by atoms with Gasteiger partial charge in [0.05, 0.1) is 12.2 Å². The lowest BCUT2D eigenvalue weighted by molar-refractivity contribution is -0.128. The van der Waals surface area contributed by atoms with Gasteiger partial charge in [-0.3, -0.25) is 0 Å². The molecule has 0 aliphatic carbocycles. The Bertz CT molecular complexity index is 672. The fraction of sp³-hybridized carbons (Fsp3) is 0.158. The summed E-state index contributed by atoms with van der Waals surface area (Å²) in [6, 6.07) is 15.7. The van der Waals surface area contributed by atoms with Crippen LogP contribution in [0.25, 0.3) is 6.08 Å². The lowest BCUT2D eigenvalue weighted by atomic mass is 10.2. The zero-order valence-electron chi connectivity index (χ0n) is 12.9. The summed E-state index contributed by atoms with van der Waals surface area (Å²) < 4.78 is 10.2. The minimum absolute atomic E-state index is 0.375. The molecule has 0 N–H and O–H groups in total. The first kappa shape index (κ1) is 16.5. The predicted octanol–water partition coefficient (Wildman–Crippen LogP) is 3.87. The van der Waals surface area contributed by atoms with Gasteiger partial charge in [-0.25, -0.2) is 9.59 Å². The summed E-state index contributed by atoms with van der Waals surface area (Å²) in [5.74, 6) is -0.483. The zero-order valence-corrected chi connectivity index (χ0v) is 12.9. The molecule has 0 spiro atoms. The smallest absolute Gasteiger partial charge is 0.338 e. The lowest BCUT2D eigenvalue weighted by Crippen LogP contribution is -2.07. The summed E-state index contributed by atoms with van der Waals surface area (Å²) in [5, 5.41) is 0. The number of esters is 2. The number of rotatable bonds is 6. The van der Waals surface area contributed by atoms with Crippen molar-refractivity contribution >= 4 is 18.0 Å². The molecule has 0 atom stereocenters. The number of carbonyl (C=O) groups excluding carboxylic acids is 2. The van der Waals surface area contributed by atoms with Gasteiger partial charge in [-0.1, -0.05) is 37.3 Å². The van der Waals surface area contributed by atoms with Gasteiger partial charge in [-0.15, -0.1) is 0 Å². The van der Waals surface area contributed by atoms with Gasteiger partial charge >= 0.3 is 11.9 Å². The van der Waals surface area contributed by atoms with Crippen LogP contribution in [-0.4, -0.2) is 18.5 Å². The van der Waals surface area contributed by atoms with Crippen molar-refractivity contribution in [1.29, 1.82) is 0 Å². The number of hydrogen-bond donors (Lipinski definition) is 0. The van der Waals surface area contributed by atoms with Crippen LogP contribution in [0.3, 0.4) is 0 Å².